The van der Waals surface area contributed by atoms with Crippen molar-refractivity contribution in [2.75, 3.05) is 0 Å². The van der Waals surface area contributed by atoms with Crippen LogP contribution in [0.2, 0.25) is 0 Å². The summed E-state index contributed by atoms with van der Waals surface area (Å²) < 4.78 is 0.949. The van der Waals surface area contributed by atoms with Crippen LogP contribution in [0.3, 0.4) is 0 Å². The molecule has 5 heteroatoms. The Morgan fingerprint density at radius 3 is 2.71 bits per heavy atom. The minimum atomic E-state index is -1.63. The van der Waals surface area contributed by atoms with E-state index in [1.807, 2.05) is 11.4 Å². The van der Waals surface area contributed by atoms with Gasteiger partial charge in [-0.1, -0.05) is 0 Å². The first-order valence-electron chi connectivity index (χ1n) is 4.17. The smallest absolute Gasteiger partial charge is 0.492 e. The quantitative estimate of drug-likeness (QED) is 0.601. The summed E-state index contributed by atoms with van der Waals surface area (Å²) in [6.07, 6.45) is 0. The fourth-order valence-corrected chi connectivity index (χ4v) is 2.45. The molecule has 1 aromatic carbocycles. The topological polar surface area (TPSA) is 60.7 Å². The van der Waals surface area contributed by atoms with Crippen molar-refractivity contribution in [3.8, 4) is 5.75 Å². The van der Waals surface area contributed by atoms with Crippen LogP contribution in [0.15, 0.2) is 17.5 Å². The summed E-state index contributed by atoms with van der Waals surface area (Å²) >= 11 is 1.51. The third-order valence-electron chi connectivity index (χ3n) is 2.24. The van der Waals surface area contributed by atoms with Gasteiger partial charge in [0.15, 0.2) is 0 Å². The van der Waals surface area contributed by atoms with Crippen molar-refractivity contribution < 1.29 is 15.2 Å². The molecule has 0 spiro atoms. The highest BCUT2D eigenvalue weighted by Gasteiger charge is 2.21. The van der Waals surface area contributed by atoms with Crippen LogP contribution in [-0.2, 0) is 0 Å². The number of fused-ring (bicyclic) bond motifs is 1. The van der Waals surface area contributed by atoms with Crippen LogP contribution >= 0.6 is 11.3 Å². The minimum absolute atomic E-state index is 0.0312. The van der Waals surface area contributed by atoms with Crippen molar-refractivity contribution >= 4 is 34.0 Å². The van der Waals surface area contributed by atoms with Crippen LogP contribution in [0.5, 0.6) is 5.75 Å². The molecule has 0 aliphatic rings. The summed E-state index contributed by atoms with van der Waals surface area (Å²) in [4.78, 5) is 0. The van der Waals surface area contributed by atoms with E-state index in [1.165, 1.54) is 11.3 Å². The van der Waals surface area contributed by atoms with Crippen molar-refractivity contribution in [1.82, 2.24) is 0 Å². The molecule has 0 aliphatic carbocycles. The van der Waals surface area contributed by atoms with Gasteiger partial charge in [0.25, 0.3) is 0 Å². The molecular weight excluding hydrogens is 199 g/mol. The maximum Gasteiger partial charge on any atom is 0.492 e. The zero-order valence-corrected chi connectivity index (χ0v) is 8.38. The standard InChI is InChI=1S/C9H9BO3S/c1-5-4-7-6(2-3-14-7)9(11)8(5)10(12)13/h2-4,11-13H,1H3. The number of hydrogen-bond donors (Lipinski definition) is 3. The number of thiophene rings is 1. The molecule has 2 rings (SSSR count). The molecule has 14 heavy (non-hydrogen) atoms. The second-order valence-electron chi connectivity index (χ2n) is 3.16. The van der Waals surface area contributed by atoms with E-state index in [9.17, 15) is 5.11 Å². The first kappa shape index (κ1) is 9.52. The Balaban J connectivity index is 2.82. The fourth-order valence-electron chi connectivity index (χ4n) is 1.56. The third-order valence-corrected chi connectivity index (χ3v) is 3.10. The van der Waals surface area contributed by atoms with Gasteiger partial charge in [0.2, 0.25) is 0 Å². The molecule has 0 amide bonds. The summed E-state index contributed by atoms with van der Waals surface area (Å²) in [5.74, 6) is -0.0312. The Morgan fingerprint density at radius 2 is 2.07 bits per heavy atom. The maximum atomic E-state index is 9.78. The van der Waals surface area contributed by atoms with Crippen molar-refractivity contribution in [3.63, 3.8) is 0 Å². The Morgan fingerprint density at radius 1 is 1.36 bits per heavy atom. The molecule has 72 valence electrons. The van der Waals surface area contributed by atoms with E-state index >= 15 is 0 Å². The van der Waals surface area contributed by atoms with Gasteiger partial charge in [-0.15, -0.1) is 11.3 Å². The summed E-state index contributed by atoms with van der Waals surface area (Å²) in [6.45, 7) is 1.74. The van der Waals surface area contributed by atoms with Gasteiger partial charge in [-0.2, -0.15) is 0 Å². The number of phenolic OH excluding ortho intramolecular Hbond substituents is 1. The van der Waals surface area contributed by atoms with Crippen LogP contribution in [0.4, 0.5) is 0 Å². The Kier molecular flexibility index (Phi) is 2.22. The minimum Gasteiger partial charge on any atom is -0.508 e. The second kappa shape index (κ2) is 3.27. The SMILES string of the molecule is Cc1cc2sccc2c(O)c1B(O)O. The number of hydrogen-bond acceptors (Lipinski definition) is 4. The predicted octanol–water partition coefficient (Wildman–Crippen LogP) is 0.595. The number of rotatable bonds is 1. The summed E-state index contributed by atoms with van der Waals surface area (Å²) in [5, 5.41) is 30.5. The van der Waals surface area contributed by atoms with Crippen LogP contribution in [0.1, 0.15) is 5.56 Å². The van der Waals surface area contributed by atoms with Gasteiger partial charge in [-0.05, 0) is 30.0 Å². The molecule has 0 fully saturated rings. The lowest BCUT2D eigenvalue weighted by atomic mass is 9.76. The molecule has 0 aliphatic heterocycles. The number of phenols is 1. The van der Waals surface area contributed by atoms with E-state index in [4.69, 9.17) is 10.0 Å². The van der Waals surface area contributed by atoms with E-state index < -0.39 is 7.12 Å². The van der Waals surface area contributed by atoms with Crippen molar-refractivity contribution in [2.45, 2.75) is 6.92 Å². The van der Waals surface area contributed by atoms with E-state index in [2.05, 4.69) is 0 Å². The molecular formula is C9H9BO3S. The molecule has 0 atom stereocenters. The lowest BCUT2D eigenvalue weighted by Gasteiger charge is -2.08. The molecule has 2 aromatic rings. The molecule has 3 nitrogen and oxygen atoms in total. The zero-order chi connectivity index (χ0) is 10.3. The molecule has 0 saturated heterocycles. The van der Waals surface area contributed by atoms with Gasteiger partial charge in [0.05, 0.1) is 0 Å². The van der Waals surface area contributed by atoms with Crippen molar-refractivity contribution in [2.24, 2.45) is 0 Å². The van der Waals surface area contributed by atoms with Crippen molar-refractivity contribution in [3.05, 3.63) is 23.1 Å². The highest BCUT2D eigenvalue weighted by molar-refractivity contribution is 7.17. The highest BCUT2D eigenvalue weighted by Crippen LogP contribution is 2.28. The predicted molar refractivity (Wildman–Crippen MR) is 58.1 cm³/mol. The largest absolute Gasteiger partial charge is 0.508 e. The zero-order valence-electron chi connectivity index (χ0n) is 7.56. The summed E-state index contributed by atoms with van der Waals surface area (Å²) in [7, 11) is -1.63. The average Bonchev–Trinajstić information content (AvgIpc) is 2.50. The summed E-state index contributed by atoms with van der Waals surface area (Å²) in [6, 6.07) is 3.61. The Hall–Kier alpha value is -1.04. The van der Waals surface area contributed by atoms with Gasteiger partial charge in [0.1, 0.15) is 5.75 Å². The third kappa shape index (κ3) is 1.30. The number of aryl methyl sites for hydroxylation is 1. The number of benzene rings is 1. The van der Waals surface area contributed by atoms with Crippen LogP contribution in [-0.4, -0.2) is 22.3 Å². The van der Waals surface area contributed by atoms with Gasteiger partial charge in [0, 0.05) is 15.5 Å². The molecule has 0 bridgehead atoms. The van der Waals surface area contributed by atoms with E-state index in [-0.39, 0.29) is 11.2 Å². The van der Waals surface area contributed by atoms with Gasteiger partial charge in [-0.25, -0.2) is 0 Å². The Labute approximate surface area is 85.4 Å². The molecule has 3 N–H and O–H groups in total. The summed E-state index contributed by atoms with van der Waals surface area (Å²) in [5.41, 5.74) is 0.878. The monoisotopic (exact) mass is 208 g/mol. The van der Waals surface area contributed by atoms with Crippen LogP contribution in [0, 0.1) is 6.92 Å². The average molecular weight is 208 g/mol. The molecule has 1 aromatic heterocycles. The van der Waals surface area contributed by atoms with E-state index in [0.717, 1.165) is 4.70 Å². The van der Waals surface area contributed by atoms with E-state index in [0.29, 0.717) is 10.9 Å². The number of aromatic hydroxyl groups is 1. The molecule has 0 saturated carbocycles. The molecule has 0 unspecified atom stereocenters. The van der Waals surface area contributed by atoms with E-state index in [1.54, 1.807) is 13.0 Å². The van der Waals surface area contributed by atoms with Crippen LogP contribution in [0.25, 0.3) is 10.1 Å². The molecule has 0 radical (unpaired) electrons. The lowest BCUT2D eigenvalue weighted by Crippen LogP contribution is -2.32. The Bertz CT molecular complexity index is 478. The molecule has 1 heterocycles. The highest BCUT2D eigenvalue weighted by atomic mass is 32.1. The first-order chi connectivity index (χ1) is 6.61. The van der Waals surface area contributed by atoms with Gasteiger partial charge >= 0.3 is 7.12 Å². The van der Waals surface area contributed by atoms with Crippen molar-refractivity contribution in [1.29, 1.82) is 0 Å². The lowest BCUT2D eigenvalue weighted by molar-refractivity contribution is 0.420. The maximum absolute atomic E-state index is 9.78. The first-order valence-corrected chi connectivity index (χ1v) is 5.05. The van der Waals surface area contributed by atoms with Gasteiger partial charge in [-0.3, -0.25) is 0 Å². The fraction of sp³-hybridized carbons (Fsp3) is 0.111. The normalized spacial score (nSPS) is 10.8. The van der Waals surface area contributed by atoms with Gasteiger partial charge < -0.3 is 15.2 Å². The van der Waals surface area contributed by atoms with Crippen LogP contribution < -0.4 is 5.46 Å². The second-order valence-corrected chi connectivity index (χ2v) is 4.11.